The predicted molar refractivity (Wildman–Crippen MR) is 90.3 cm³/mol. The number of nitrogens with one attached hydrogen (secondary N) is 1. The molecule has 0 heterocycles. The molecule has 0 bridgehead atoms. The third-order valence-corrected chi connectivity index (χ3v) is 6.51. The quantitative estimate of drug-likeness (QED) is 0.423. The number of carboxylic acids is 2. The minimum atomic E-state index is -1.08. The van der Waals surface area contributed by atoms with Gasteiger partial charge in [-0.1, -0.05) is 0 Å². The van der Waals surface area contributed by atoms with Crippen LogP contribution in [0.15, 0.2) is 0 Å². The van der Waals surface area contributed by atoms with E-state index in [-0.39, 0.29) is 27.0 Å². The van der Waals surface area contributed by atoms with Crippen LogP contribution in [0.3, 0.4) is 0 Å². The standard InChI is InChI=1S/2C4H9.C2H7NOSi.2C2H4O2.Sn/c2*1-3-4-2;1-2(4)3-5;2*1-2(3)4;/h2*1,3-4H2,2H3;1,5H3,(H,3,4);2*1H3,(H,3,4);/q;;;;;+2/p-2. The van der Waals surface area contributed by atoms with Crippen molar-refractivity contribution in [2.75, 3.05) is 0 Å². The zero-order chi connectivity index (χ0) is 18.4. The van der Waals surface area contributed by atoms with Gasteiger partial charge < -0.3 is 24.8 Å². The molecule has 0 rings (SSSR count). The fourth-order valence-corrected chi connectivity index (χ4v) is 4.89. The van der Waals surface area contributed by atoms with E-state index in [1.807, 2.05) is 0 Å². The molecule has 0 radical (unpaired) electrons. The van der Waals surface area contributed by atoms with Crippen LogP contribution in [0.4, 0.5) is 0 Å². The number of unbranched alkanes of at least 4 members (excludes halogenated alkanes) is 2. The number of rotatable bonds is 6. The molecule has 1 N–H and O–H groups in total. The molecule has 0 aliphatic carbocycles. The Morgan fingerprint density at radius 1 is 0.909 bits per heavy atom. The van der Waals surface area contributed by atoms with E-state index in [2.05, 4.69) is 18.8 Å². The number of carbonyl (C=O) groups is 3. The summed E-state index contributed by atoms with van der Waals surface area (Å²) in [6, 6.07) is 0. The van der Waals surface area contributed by atoms with Gasteiger partial charge in [-0.3, -0.25) is 4.79 Å². The van der Waals surface area contributed by atoms with Crippen LogP contribution in [0.2, 0.25) is 8.87 Å². The fourth-order valence-electron chi connectivity index (χ4n) is 0.729. The molecule has 6 nitrogen and oxygen atoms in total. The van der Waals surface area contributed by atoms with Gasteiger partial charge in [0, 0.05) is 18.9 Å². The Balaban J connectivity index is -0.000000107. The Bertz CT molecular complexity index is 240. The van der Waals surface area contributed by atoms with Gasteiger partial charge in [0.05, 0.1) is 0 Å². The molecule has 0 aromatic heterocycles. The van der Waals surface area contributed by atoms with Gasteiger partial charge in [-0.2, -0.15) is 0 Å². The Hall–Kier alpha value is -0.574. The van der Waals surface area contributed by atoms with E-state index in [9.17, 15) is 4.79 Å². The number of carboxylic acid groups (broad SMARTS) is 2. The summed E-state index contributed by atoms with van der Waals surface area (Å²) in [5, 5.41) is 17.8. The molecule has 0 spiro atoms. The van der Waals surface area contributed by atoms with E-state index in [0.29, 0.717) is 0 Å². The second-order valence-corrected chi connectivity index (χ2v) is 9.03. The van der Waals surface area contributed by atoms with Crippen LogP contribution in [-0.4, -0.2) is 49.4 Å². The van der Waals surface area contributed by atoms with E-state index in [0.717, 1.165) is 24.3 Å². The summed E-state index contributed by atoms with van der Waals surface area (Å²) in [6.45, 7) is 8.03. The van der Waals surface area contributed by atoms with Crippen molar-refractivity contribution in [2.24, 2.45) is 0 Å². The monoisotopic (exact) mass is 441 g/mol. The van der Waals surface area contributed by atoms with E-state index >= 15 is 0 Å². The first kappa shape index (κ1) is 29.4. The maximum absolute atomic E-state index is 9.74. The van der Waals surface area contributed by atoms with E-state index < -0.39 is 11.9 Å². The zero-order valence-corrected chi connectivity index (χ0v) is 19.6. The molecule has 1 amide bonds. The van der Waals surface area contributed by atoms with E-state index in [1.165, 1.54) is 32.6 Å². The van der Waals surface area contributed by atoms with Crippen molar-refractivity contribution in [3.63, 3.8) is 0 Å². The van der Waals surface area contributed by atoms with Crippen molar-refractivity contribution in [2.45, 2.75) is 69.2 Å². The van der Waals surface area contributed by atoms with Crippen molar-refractivity contribution >= 4 is 49.4 Å². The van der Waals surface area contributed by atoms with Gasteiger partial charge >= 0.3 is 69.5 Å². The summed E-state index contributed by atoms with van der Waals surface area (Å²) < 4.78 is 3.25. The third-order valence-electron chi connectivity index (χ3n) is 1.77. The average molecular weight is 440 g/mol. The number of hydrogen-bond donors (Lipinski definition) is 1. The van der Waals surface area contributed by atoms with E-state index in [1.54, 1.807) is 8.87 Å². The first-order chi connectivity index (χ1) is 10.1. The first-order valence-corrected chi connectivity index (χ1v) is 12.4. The van der Waals surface area contributed by atoms with Gasteiger partial charge in [-0.25, -0.2) is 0 Å². The van der Waals surface area contributed by atoms with E-state index in [4.69, 9.17) is 19.8 Å². The van der Waals surface area contributed by atoms with Gasteiger partial charge in [0.25, 0.3) is 0 Å². The molecular weight excluding hydrogens is 409 g/mol. The molecule has 0 atom stereocenters. The van der Waals surface area contributed by atoms with Gasteiger partial charge in [0.1, 0.15) is 10.4 Å². The normalized spacial score (nSPS) is 7.68. The van der Waals surface area contributed by atoms with Crippen molar-refractivity contribution in [3.05, 3.63) is 0 Å². The van der Waals surface area contributed by atoms with Crippen molar-refractivity contribution in [3.8, 4) is 0 Å². The second-order valence-electron chi connectivity index (χ2n) is 4.25. The van der Waals surface area contributed by atoms with Gasteiger partial charge in [-0.15, -0.1) is 0 Å². The van der Waals surface area contributed by atoms with Gasteiger partial charge in [-0.05, 0) is 13.8 Å². The van der Waals surface area contributed by atoms with Crippen LogP contribution < -0.4 is 15.2 Å². The van der Waals surface area contributed by atoms with Gasteiger partial charge in [0.2, 0.25) is 5.91 Å². The predicted octanol–water partition coefficient (Wildman–Crippen LogP) is -0.957. The molecule has 0 unspecified atom stereocenters. The molecule has 0 aromatic carbocycles. The Labute approximate surface area is 148 Å². The van der Waals surface area contributed by atoms with Crippen LogP contribution in [0.25, 0.3) is 0 Å². The van der Waals surface area contributed by atoms with Crippen LogP contribution in [0.1, 0.15) is 60.3 Å². The van der Waals surface area contributed by atoms with Crippen molar-refractivity contribution in [1.29, 1.82) is 0 Å². The van der Waals surface area contributed by atoms with Crippen LogP contribution in [-0.2, 0) is 14.4 Å². The molecule has 8 heteroatoms. The molecule has 0 saturated carbocycles. The Morgan fingerprint density at radius 3 is 1.27 bits per heavy atom. The summed E-state index contributed by atoms with van der Waals surface area (Å²) in [4.78, 5) is 30.0. The summed E-state index contributed by atoms with van der Waals surface area (Å²) >= 11 is 0.149. The van der Waals surface area contributed by atoms with Gasteiger partial charge in [0.15, 0.2) is 0 Å². The Morgan fingerprint density at radius 2 is 1.14 bits per heavy atom. The maximum atomic E-state index is 9.74. The zero-order valence-electron chi connectivity index (χ0n) is 14.8. The second kappa shape index (κ2) is 28.6. The van der Waals surface area contributed by atoms with Crippen molar-refractivity contribution in [1.82, 2.24) is 4.98 Å². The third kappa shape index (κ3) is 120. The van der Waals surface area contributed by atoms with Crippen LogP contribution in [0.5, 0.6) is 0 Å². The van der Waals surface area contributed by atoms with Crippen LogP contribution in [0, 0.1) is 0 Å². The van der Waals surface area contributed by atoms with Crippen LogP contribution >= 0.6 is 0 Å². The molecule has 22 heavy (non-hydrogen) atoms. The molecule has 0 aliphatic heterocycles. The summed E-state index contributed by atoms with van der Waals surface area (Å²) in [5.41, 5.74) is 0. The molecule has 130 valence electrons. The number of aliphatic carboxylic acids is 2. The first-order valence-electron chi connectivity index (χ1n) is 7.39. The number of hydrogen-bond acceptors (Lipinski definition) is 5. The number of carbonyl (C=O) groups excluding carboxylic acids is 3. The number of amides is 1. The Kier molecular flexibility index (Phi) is 38.2. The van der Waals surface area contributed by atoms with Crippen molar-refractivity contribution < 1.29 is 24.6 Å². The molecular formula is C14H31NO5SiSn. The molecule has 0 aromatic rings. The summed E-state index contributed by atoms with van der Waals surface area (Å²) in [7, 11) is 0.774. The topological polar surface area (TPSA) is 109 Å². The summed E-state index contributed by atoms with van der Waals surface area (Å²) in [6.07, 6.45) is 5.84. The summed E-state index contributed by atoms with van der Waals surface area (Å²) in [5.74, 6) is -2.10. The fraction of sp³-hybridized carbons (Fsp3) is 0.786. The molecule has 0 aliphatic rings. The minimum absolute atomic E-state index is 0.0664. The SMILES string of the molecule is CC(=O)N[SiH3].CC(=O)[O-].CC(=O)[O-].CCC[CH2][Sn+2][CH2]CCC. The molecule has 0 fully saturated rings. The average Bonchev–Trinajstić information content (AvgIpc) is 2.38. The molecule has 0 saturated heterocycles.